The van der Waals surface area contributed by atoms with E-state index >= 15 is 0 Å². The molecule has 1 atom stereocenters. The molecule has 126 valence electrons. The SMILES string of the molecule is O=C1Nc2ccccc2C(=O)N2C=C(c3cccc4ccccc34)C[C@@H]12. The van der Waals surface area contributed by atoms with Crippen LogP contribution in [0.3, 0.4) is 0 Å². The number of para-hydroxylation sites is 1. The number of nitrogens with zero attached hydrogens (tertiary/aromatic N) is 1. The monoisotopic (exact) mass is 340 g/mol. The molecule has 3 aromatic rings. The molecule has 0 radical (unpaired) electrons. The lowest BCUT2D eigenvalue weighted by Gasteiger charge is -2.18. The fourth-order valence-electron chi connectivity index (χ4n) is 3.86. The van der Waals surface area contributed by atoms with Crippen LogP contribution in [0, 0.1) is 0 Å². The summed E-state index contributed by atoms with van der Waals surface area (Å²) in [5.74, 6) is -0.283. The van der Waals surface area contributed by atoms with Crippen molar-refractivity contribution >= 4 is 33.8 Å². The van der Waals surface area contributed by atoms with Gasteiger partial charge in [-0.1, -0.05) is 54.6 Å². The summed E-state index contributed by atoms with van der Waals surface area (Å²) in [4.78, 5) is 27.3. The van der Waals surface area contributed by atoms with Crippen LogP contribution < -0.4 is 5.32 Å². The standard InChI is InChI=1S/C22H16N2O2/c25-21-20-12-15(17-10-5-7-14-6-1-2-8-16(14)17)13-24(20)22(26)18-9-3-4-11-19(18)23-21/h1-11,13,20H,12H2,(H,23,25)/t20-/m0/s1. The quantitative estimate of drug-likeness (QED) is 0.726. The van der Waals surface area contributed by atoms with Gasteiger partial charge in [-0.2, -0.15) is 0 Å². The van der Waals surface area contributed by atoms with Crippen LogP contribution in [0.25, 0.3) is 16.3 Å². The first-order valence-corrected chi connectivity index (χ1v) is 8.64. The van der Waals surface area contributed by atoms with E-state index in [-0.39, 0.29) is 11.8 Å². The summed E-state index contributed by atoms with van der Waals surface area (Å²) in [5, 5.41) is 5.18. The average Bonchev–Trinajstić information content (AvgIpc) is 3.09. The topological polar surface area (TPSA) is 49.4 Å². The Bertz CT molecular complexity index is 1090. The lowest BCUT2D eigenvalue weighted by Crippen LogP contribution is -2.38. The number of carbonyl (C=O) groups is 2. The molecule has 0 fully saturated rings. The fourth-order valence-corrected chi connectivity index (χ4v) is 3.86. The van der Waals surface area contributed by atoms with Crippen molar-refractivity contribution in [2.75, 3.05) is 5.32 Å². The lowest BCUT2D eigenvalue weighted by atomic mass is 9.96. The van der Waals surface area contributed by atoms with Crippen molar-refractivity contribution in [2.24, 2.45) is 0 Å². The van der Waals surface area contributed by atoms with Crippen molar-refractivity contribution in [3.63, 3.8) is 0 Å². The van der Waals surface area contributed by atoms with E-state index in [1.165, 1.54) is 0 Å². The maximum Gasteiger partial charge on any atom is 0.260 e. The molecule has 0 saturated carbocycles. The highest BCUT2D eigenvalue weighted by Crippen LogP contribution is 2.37. The van der Waals surface area contributed by atoms with E-state index in [0.717, 1.165) is 21.9 Å². The first kappa shape index (κ1) is 14.9. The van der Waals surface area contributed by atoms with Crippen LogP contribution in [-0.2, 0) is 4.79 Å². The zero-order chi connectivity index (χ0) is 17.7. The van der Waals surface area contributed by atoms with Crippen LogP contribution in [0.4, 0.5) is 5.69 Å². The Morgan fingerprint density at radius 2 is 1.58 bits per heavy atom. The molecule has 4 heteroatoms. The van der Waals surface area contributed by atoms with Crippen molar-refractivity contribution in [2.45, 2.75) is 12.5 Å². The van der Waals surface area contributed by atoms with Gasteiger partial charge < -0.3 is 10.2 Å². The Hall–Kier alpha value is -3.40. The van der Waals surface area contributed by atoms with Gasteiger partial charge in [-0.3, -0.25) is 9.59 Å². The highest BCUT2D eigenvalue weighted by Gasteiger charge is 2.39. The van der Waals surface area contributed by atoms with E-state index in [4.69, 9.17) is 0 Å². The molecule has 2 amide bonds. The number of amides is 2. The molecule has 4 nitrogen and oxygen atoms in total. The smallest absolute Gasteiger partial charge is 0.260 e. The summed E-state index contributed by atoms with van der Waals surface area (Å²) in [6, 6.07) is 20.9. The van der Waals surface area contributed by atoms with E-state index in [2.05, 4.69) is 29.6 Å². The normalized spacial score (nSPS) is 18.8. The Labute approximate surface area is 150 Å². The van der Waals surface area contributed by atoms with Crippen LogP contribution in [0.1, 0.15) is 22.3 Å². The van der Waals surface area contributed by atoms with Crippen molar-refractivity contribution in [3.05, 3.63) is 84.1 Å². The van der Waals surface area contributed by atoms with E-state index in [1.807, 2.05) is 36.5 Å². The Morgan fingerprint density at radius 3 is 2.50 bits per heavy atom. The van der Waals surface area contributed by atoms with Crippen LogP contribution >= 0.6 is 0 Å². The van der Waals surface area contributed by atoms with Crippen molar-refractivity contribution in [1.82, 2.24) is 4.90 Å². The molecule has 0 aliphatic carbocycles. The van der Waals surface area contributed by atoms with Gasteiger partial charge in [0, 0.05) is 12.6 Å². The van der Waals surface area contributed by atoms with Gasteiger partial charge in [-0.05, 0) is 34.0 Å². The number of nitrogens with one attached hydrogen (secondary N) is 1. The third-order valence-electron chi connectivity index (χ3n) is 5.13. The molecule has 2 aliphatic rings. The summed E-state index contributed by atoms with van der Waals surface area (Å²) in [5.41, 5.74) is 3.19. The fraction of sp³-hybridized carbons (Fsp3) is 0.0909. The van der Waals surface area contributed by atoms with Crippen LogP contribution in [0.2, 0.25) is 0 Å². The first-order chi connectivity index (χ1) is 12.7. The minimum atomic E-state index is -0.510. The van der Waals surface area contributed by atoms with Gasteiger partial charge in [-0.15, -0.1) is 0 Å². The van der Waals surface area contributed by atoms with Crippen molar-refractivity contribution < 1.29 is 9.59 Å². The van der Waals surface area contributed by atoms with Gasteiger partial charge in [0.2, 0.25) is 5.91 Å². The van der Waals surface area contributed by atoms with Gasteiger partial charge in [0.15, 0.2) is 0 Å². The molecular formula is C22H16N2O2. The van der Waals surface area contributed by atoms with E-state index in [0.29, 0.717) is 17.7 Å². The highest BCUT2D eigenvalue weighted by atomic mass is 16.2. The largest absolute Gasteiger partial charge is 0.324 e. The molecule has 26 heavy (non-hydrogen) atoms. The number of carbonyl (C=O) groups excluding carboxylic acids is 2. The molecule has 2 heterocycles. The third kappa shape index (κ3) is 2.15. The third-order valence-corrected chi connectivity index (χ3v) is 5.13. The van der Waals surface area contributed by atoms with Crippen LogP contribution in [0.15, 0.2) is 72.9 Å². The molecule has 1 N–H and O–H groups in total. The highest BCUT2D eigenvalue weighted by molar-refractivity contribution is 6.12. The molecule has 0 unspecified atom stereocenters. The minimum absolute atomic E-state index is 0.140. The molecular weight excluding hydrogens is 324 g/mol. The predicted octanol–water partition coefficient (Wildman–Crippen LogP) is 4.05. The number of rotatable bonds is 1. The second-order valence-corrected chi connectivity index (χ2v) is 6.65. The van der Waals surface area contributed by atoms with Gasteiger partial charge in [-0.25, -0.2) is 0 Å². The van der Waals surface area contributed by atoms with Gasteiger partial charge in [0.25, 0.3) is 5.91 Å². The summed E-state index contributed by atoms with van der Waals surface area (Å²) in [6.45, 7) is 0. The minimum Gasteiger partial charge on any atom is -0.324 e. The van der Waals surface area contributed by atoms with Crippen molar-refractivity contribution in [3.8, 4) is 0 Å². The maximum atomic E-state index is 13.0. The van der Waals surface area contributed by atoms with Crippen LogP contribution in [-0.4, -0.2) is 22.8 Å². The summed E-state index contributed by atoms with van der Waals surface area (Å²) in [6.07, 6.45) is 2.36. The molecule has 0 spiro atoms. The molecule has 0 saturated heterocycles. The van der Waals surface area contributed by atoms with E-state index in [1.54, 1.807) is 17.0 Å². The zero-order valence-electron chi connectivity index (χ0n) is 14.0. The number of hydrogen-bond donors (Lipinski definition) is 1. The molecule has 0 bridgehead atoms. The Kier molecular flexibility index (Phi) is 3.19. The summed E-state index contributed by atoms with van der Waals surface area (Å²) < 4.78 is 0. The molecule has 2 aliphatic heterocycles. The van der Waals surface area contributed by atoms with E-state index < -0.39 is 6.04 Å². The molecule has 5 rings (SSSR count). The maximum absolute atomic E-state index is 13.0. The summed E-state index contributed by atoms with van der Waals surface area (Å²) in [7, 11) is 0. The molecule has 0 aromatic heterocycles. The lowest BCUT2D eigenvalue weighted by molar-refractivity contribution is -0.119. The second-order valence-electron chi connectivity index (χ2n) is 6.65. The number of benzene rings is 3. The Morgan fingerprint density at radius 1 is 0.846 bits per heavy atom. The Balaban J connectivity index is 1.63. The zero-order valence-corrected chi connectivity index (χ0v) is 14.0. The number of anilines is 1. The average molecular weight is 340 g/mol. The number of hydrogen-bond acceptors (Lipinski definition) is 2. The van der Waals surface area contributed by atoms with Gasteiger partial charge in [0.05, 0.1) is 11.3 Å². The number of fused-ring (bicyclic) bond motifs is 3. The van der Waals surface area contributed by atoms with Crippen molar-refractivity contribution in [1.29, 1.82) is 0 Å². The van der Waals surface area contributed by atoms with Crippen LogP contribution in [0.5, 0.6) is 0 Å². The van der Waals surface area contributed by atoms with Gasteiger partial charge in [0.1, 0.15) is 6.04 Å². The summed E-state index contributed by atoms with van der Waals surface area (Å²) >= 11 is 0. The first-order valence-electron chi connectivity index (χ1n) is 8.64. The van der Waals surface area contributed by atoms with Gasteiger partial charge >= 0.3 is 0 Å². The predicted molar refractivity (Wildman–Crippen MR) is 102 cm³/mol. The second kappa shape index (κ2) is 5.56. The molecule has 3 aromatic carbocycles. The van der Waals surface area contributed by atoms with E-state index in [9.17, 15) is 9.59 Å².